The summed E-state index contributed by atoms with van der Waals surface area (Å²) in [4.78, 5) is 47.1. The molecule has 9 rings (SSSR count). The smallest absolute Gasteiger partial charge is 0.406 e. The van der Waals surface area contributed by atoms with E-state index in [4.69, 9.17) is 4.98 Å². The van der Waals surface area contributed by atoms with E-state index < -0.39 is 12.2 Å². The molecule has 334 valence electrons. The number of nitriles is 1. The van der Waals surface area contributed by atoms with Crippen LogP contribution in [0.3, 0.4) is 0 Å². The van der Waals surface area contributed by atoms with E-state index in [2.05, 4.69) is 45.7 Å². The molecule has 7 heterocycles. The van der Waals surface area contributed by atoms with E-state index in [1.54, 1.807) is 52.9 Å². The van der Waals surface area contributed by atoms with Gasteiger partial charge in [0, 0.05) is 66.8 Å². The number of carbonyl (C=O) groups is 1. The summed E-state index contributed by atoms with van der Waals surface area (Å²) in [5, 5.41) is 13.4. The van der Waals surface area contributed by atoms with Crippen LogP contribution < -0.4 is 15.7 Å². The lowest BCUT2D eigenvalue weighted by Crippen LogP contribution is -2.41. The van der Waals surface area contributed by atoms with Crippen LogP contribution in [0.25, 0.3) is 27.8 Å². The third-order valence-electron chi connectivity index (χ3n) is 12.0. The van der Waals surface area contributed by atoms with E-state index in [9.17, 15) is 28.0 Å². The fourth-order valence-electron chi connectivity index (χ4n) is 9.29. The minimum atomic E-state index is -4.82. The Bertz CT molecular complexity index is 3040. The fraction of sp³-hybridized carbons (Fsp3) is 0.333. The number of nitrogens with one attached hydrogen (secondary N) is 1. The number of halogens is 4. The van der Waals surface area contributed by atoms with Crippen LogP contribution in [-0.2, 0) is 19.5 Å². The standard InChI is InChI=1S/C48H46F4N10O3/c1-29-43-40(23-42(56-29)57-32-9-12-35(13-10-32)65-48(50,51)52)61(33-15-19-58(20-16-33)28-47(2,3)4)46(64)62(43)34-11-14-39(55-25-34)45(63)59-21-17-36-37-6-5-18-54-44(37)60(41(36)27-59)26-31-8-7-30(24-53)22-38(31)49/h5-14,18,22-23,25,33H,15-17,19-21,26-28H2,1-4H3,(H,56,57). The molecule has 0 unspecified atom stereocenters. The molecule has 17 heteroatoms. The SMILES string of the molecule is Cc1nc(Nc2ccc(OC(F)(F)F)cc2)cc2c1n(-c1ccc(C(=O)N3CCc4c(n(Cc5ccc(C#N)cc5F)c5ncccc45)C3)nc1)c(=O)n2C1CCN(CC(C)(C)C)CC1. The van der Waals surface area contributed by atoms with Gasteiger partial charge in [-0.3, -0.25) is 13.9 Å². The molecule has 7 aromatic rings. The van der Waals surface area contributed by atoms with Crippen molar-refractivity contribution in [3.05, 3.63) is 135 Å². The maximum Gasteiger partial charge on any atom is 0.573 e. The number of benzene rings is 2. The van der Waals surface area contributed by atoms with Gasteiger partial charge >= 0.3 is 12.1 Å². The van der Waals surface area contributed by atoms with E-state index in [0.717, 1.165) is 49.1 Å². The Morgan fingerprint density at radius 1 is 0.985 bits per heavy atom. The third kappa shape index (κ3) is 8.78. The second kappa shape index (κ2) is 16.8. The number of aryl methyl sites for hydroxylation is 1. The number of ether oxygens (including phenoxy) is 1. The van der Waals surface area contributed by atoms with Crippen molar-refractivity contribution in [3.8, 4) is 17.5 Å². The number of likely N-dealkylation sites (tertiary alicyclic amines) is 1. The van der Waals surface area contributed by atoms with Gasteiger partial charge in [-0.25, -0.2) is 24.1 Å². The van der Waals surface area contributed by atoms with Gasteiger partial charge in [-0.05, 0) is 97.8 Å². The first-order chi connectivity index (χ1) is 31.0. The summed E-state index contributed by atoms with van der Waals surface area (Å²) in [5.41, 5.74) is 5.84. The quantitative estimate of drug-likeness (QED) is 0.141. The normalized spacial score (nSPS) is 15.0. The zero-order valence-corrected chi connectivity index (χ0v) is 36.3. The molecule has 65 heavy (non-hydrogen) atoms. The topological polar surface area (TPSA) is 139 Å². The van der Waals surface area contributed by atoms with Gasteiger partial charge in [-0.2, -0.15) is 5.26 Å². The summed E-state index contributed by atoms with van der Waals surface area (Å²) < 4.78 is 62.9. The number of alkyl halides is 3. The molecule has 1 amide bonds. The van der Waals surface area contributed by atoms with Crippen molar-refractivity contribution >= 4 is 39.5 Å². The zero-order chi connectivity index (χ0) is 45.8. The third-order valence-corrected chi connectivity index (χ3v) is 12.0. The van der Waals surface area contributed by atoms with E-state index >= 15 is 4.39 Å². The molecule has 2 aliphatic heterocycles. The molecular weight excluding hydrogens is 841 g/mol. The second-order valence-corrected chi connectivity index (χ2v) is 17.9. The number of fused-ring (bicyclic) bond motifs is 4. The summed E-state index contributed by atoms with van der Waals surface area (Å²) in [6, 6.07) is 20.5. The molecule has 0 aliphatic carbocycles. The Hall–Kier alpha value is -7.06. The Kier molecular flexibility index (Phi) is 11.2. The highest BCUT2D eigenvalue weighted by molar-refractivity contribution is 5.93. The van der Waals surface area contributed by atoms with Gasteiger partial charge < -0.3 is 24.4 Å². The molecule has 0 atom stereocenters. The number of hydrogen-bond donors (Lipinski definition) is 1. The van der Waals surface area contributed by atoms with Crippen LogP contribution >= 0.6 is 0 Å². The van der Waals surface area contributed by atoms with Crippen molar-refractivity contribution in [2.75, 3.05) is 31.5 Å². The second-order valence-electron chi connectivity index (χ2n) is 17.9. The minimum Gasteiger partial charge on any atom is -0.406 e. The van der Waals surface area contributed by atoms with Gasteiger partial charge in [-0.15, -0.1) is 13.2 Å². The molecule has 1 N–H and O–H groups in total. The maximum atomic E-state index is 15.2. The highest BCUT2D eigenvalue weighted by Crippen LogP contribution is 2.34. The van der Waals surface area contributed by atoms with E-state index in [1.807, 2.05) is 27.3 Å². The number of imidazole rings is 1. The highest BCUT2D eigenvalue weighted by atomic mass is 19.4. The van der Waals surface area contributed by atoms with Crippen molar-refractivity contribution in [2.45, 2.75) is 72.5 Å². The highest BCUT2D eigenvalue weighted by Gasteiger charge is 2.32. The number of piperidine rings is 1. The number of carbonyl (C=O) groups excluding carboxylic acids is 1. The van der Waals surface area contributed by atoms with E-state index in [1.165, 1.54) is 36.5 Å². The number of hydrogen-bond acceptors (Lipinski definition) is 9. The van der Waals surface area contributed by atoms with Gasteiger partial charge in [0.2, 0.25) is 0 Å². The summed E-state index contributed by atoms with van der Waals surface area (Å²) in [7, 11) is 0. The van der Waals surface area contributed by atoms with Crippen LogP contribution in [0.1, 0.15) is 78.2 Å². The van der Waals surface area contributed by atoms with E-state index in [0.29, 0.717) is 58.1 Å². The summed E-state index contributed by atoms with van der Waals surface area (Å²) in [6.07, 6.45) is 0.409. The number of aromatic nitrogens is 6. The average Bonchev–Trinajstić information content (AvgIpc) is 3.74. The number of pyridine rings is 3. The molecule has 0 saturated carbocycles. The summed E-state index contributed by atoms with van der Waals surface area (Å²) >= 11 is 0. The first kappa shape index (κ1) is 43.2. The van der Waals surface area contributed by atoms with Crippen LogP contribution in [0.15, 0.2) is 90.0 Å². The van der Waals surface area contributed by atoms with Crippen LogP contribution in [0.5, 0.6) is 5.75 Å². The molecule has 1 fully saturated rings. The molecule has 13 nitrogen and oxygen atoms in total. The first-order valence-electron chi connectivity index (χ1n) is 21.4. The summed E-state index contributed by atoms with van der Waals surface area (Å²) in [6.45, 7) is 11.8. The Morgan fingerprint density at radius 2 is 1.75 bits per heavy atom. The Balaban J connectivity index is 1.02. The van der Waals surface area contributed by atoms with Crippen molar-refractivity contribution in [3.63, 3.8) is 0 Å². The van der Waals surface area contributed by atoms with Crippen molar-refractivity contribution < 1.29 is 27.1 Å². The number of amides is 1. The molecule has 0 spiro atoms. The maximum absolute atomic E-state index is 15.2. The molecular formula is C48H46F4N10O3. The molecule has 0 radical (unpaired) electrons. The zero-order valence-electron chi connectivity index (χ0n) is 36.3. The predicted octanol–water partition coefficient (Wildman–Crippen LogP) is 8.82. The van der Waals surface area contributed by atoms with Crippen LogP contribution in [0.4, 0.5) is 29.1 Å². The van der Waals surface area contributed by atoms with Crippen LogP contribution in [0, 0.1) is 29.5 Å². The van der Waals surface area contributed by atoms with Gasteiger partial charge in [0.15, 0.2) is 0 Å². The first-order valence-corrected chi connectivity index (χ1v) is 21.4. The largest absolute Gasteiger partial charge is 0.573 e. The molecule has 0 bridgehead atoms. The monoisotopic (exact) mass is 886 g/mol. The summed E-state index contributed by atoms with van der Waals surface area (Å²) in [5.74, 6) is -0.758. The molecule has 5 aromatic heterocycles. The van der Waals surface area contributed by atoms with Crippen molar-refractivity contribution in [2.24, 2.45) is 5.41 Å². The lowest BCUT2D eigenvalue weighted by atomic mass is 9.94. The van der Waals surface area contributed by atoms with Gasteiger partial charge in [-0.1, -0.05) is 26.8 Å². The molecule has 1 saturated heterocycles. The average molecular weight is 887 g/mol. The lowest BCUT2D eigenvalue weighted by molar-refractivity contribution is -0.274. The fourth-order valence-corrected chi connectivity index (χ4v) is 9.29. The molecule has 2 aromatic carbocycles. The lowest BCUT2D eigenvalue weighted by Gasteiger charge is -2.36. The Labute approximate surface area is 371 Å². The van der Waals surface area contributed by atoms with Crippen molar-refractivity contribution in [1.29, 1.82) is 5.26 Å². The number of rotatable bonds is 9. The van der Waals surface area contributed by atoms with Crippen LogP contribution in [0.2, 0.25) is 0 Å². The van der Waals surface area contributed by atoms with Gasteiger partial charge in [0.1, 0.15) is 28.7 Å². The predicted molar refractivity (Wildman–Crippen MR) is 237 cm³/mol. The van der Waals surface area contributed by atoms with Gasteiger partial charge in [0.25, 0.3) is 5.91 Å². The molecule has 2 aliphatic rings. The van der Waals surface area contributed by atoms with E-state index in [-0.39, 0.29) is 53.2 Å². The number of nitrogens with zero attached hydrogens (tertiary/aromatic N) is 9. The van der Waals surface area contributed by atoms with Crippen molar-refractivity contribution in [1.82, 2.24) is 38.5 Å². The Morgan fingerprint density at radius 3 is 2.43 bits per heavy atom. The number of anilines is 2. The minimum absolute atomic E-state index is 0.114. The van der Waals surface area contributed by atoms with Crippen LogP contribution in [-0.4, -0.2) is 76.9 Å². The van der Waals surface area contributed by atoms with Gasteiger partial charge in [0.05, 0.1) is 53.3 Å².